The van der Waals surface area contributed by atoms with Crippen LogP contribution in [0.4, 0.5) is 0 Å². The van der Waals surface area contributed by atoms with Gasteiger partial charge in [-0.3, -0.25) is 0 Å². The summed E-state index contributed by atoms with van der Waals surface area (Å²) in [5.41, 5.74) is 0.984. The molecule has 0 rings (SSSR count). The van der Waals surface area contributed by atoms with E-state index in [0.717, 1.165) is 5.57 Å². The molecule has 0 aliphatic carbocycles. The number of allylic oxidation sites excluding steroid dienone is 3. The molecular weight excluding hydrogens is 172 g/mol. The first-order valence-corrected chi connectivity index (χ1v) is 4.17. The minimum absolute atomic E-state index is 0.341. The molecule has 0 aliphatic heterocycles. The van der Waals surface area contributed by atoms with Crippen LogP contribution in [0, 0.1) is 5.92 Å². The van der Waals surface area contributed by atoms with Gasteiger partial charge in [-0.1, -0.05) is 44.7 Å². The van der Waals surface area contributed by atoms with Gasteiger partial charge in [0.05, 0.1) is 12.1 Å². The highest BCUT2D eigenvalue weighted by atomic mass is 35.5. The lowest BCUT2D eigenvalue weighted by Crippen LogP contribution is -1.99. The lowest BCUT2D eigenvalue weighted by atomic mass is 10.0. The van der Waals surface area contributed by atoms with Gasteiger partial charge in [0.1, 0.15) is 5.76 Å². The lowest BCUT2D eigenvalue weighted by Gasteiger charge is -2.12. The summed E-state index contributed by atoms with van der Waals surface area (Å²) in [6.07, 6.45) is 1.75. The first kappa shape index (κ1) is 11.3. The van der Waals surface area contributed by atoms with Gasteiger partial charge in [-0.05, 0) is 11.5 Å². The molecular formula is C10H15ClO. The predicted octanol–water partition coefficient (Wildman–Crippen LogP) is 3.48. The predicted molar refractivity (Wildman–Crippen MR) is 54.1 cm³/mol. The van der Waals surface area contributed by atoms with Crippen molar-refractivity contribution in [2.75, 3.05) is 7.11 Å². The smallest absolute Gasteiger partial charge is 0.140 e. The Morgan fingerprint density at radius 3 is 2.08 bits per heavy atom. The Balaban J connectivity index is 5.01. The molecule has 0 unspecified atom stereocenters. The standard InChI is InChI=1S/C10H15ClO/c1-6-9(7(2)3)10(12-5)8(4)11/h6-7H,1,4H2,2-3,5H3/b10-9-. The summed E-state index contributed by atoms with van der Waals surface area (Å²) >= 11 is 5.74. The van der Waals surface area contributed by atoms with E-state index in [-0.39, 0.29) is 0 Å². The number of hydrogen-bond donors (Lipinski definition) is 0. The van der Waals surface area contributed by atoms with E-state index in [9.17, 15) is 0 Å². The van der Waals surface area contributed by atoms with Gasteiger partial charge in [0.2, 0.25) is 0 Å². The zero-order chi connectivity index (χ0) is 9.72. The highest BCUT2D eigenvalue weighted by Gasteiger charge is 2.09. The maximum atomic E-state index is 5.74. The monoisotopic (exact) mass is 186 g/mol. The van der Waals surface area contributed by atoms with Crippen LogP contribution in [-0.2, 0) is 4.74 Å². The van der Waals surface area contributed by atoms with Crippen molar-refractivity contribution in [1.82, 2.24) is 0 Å². The van der Waals surface area contributed by atoms with Gasteiger partial charge < -0.3 is 4.74 Å². The third-order valence-corrected chi connectivity index (χ3v) is 1.73. The molecule has 0 amide bonds. The van der Waals surface area contributed by atoms with Crippen molar-refractivity contribution in [3.05, 3.63) is 35.6 Å². The van der Waals surface area contributed by atoms with Crippen molar-refractivity contribution >= 4 is 11.6 Å². The molecule has 0 aliphatic rings. The van der Waals surface area contributed by atoms with Crippen LogP contribution in [0.1, 0.15) is 13.8 Å². The van der Waals surface area contributed by atoms with Crippen molar-refractivity contribution in [1.29, 1.82) is 0 Å². The maximum absolute atomic E-state index is 5.74. The van der Waals surface area contributed by atoms with Crippen LogP contribution < -0.4 is 0 Å². The van der Waals surface area contributed by atoms with Crippen LogP contribution in [0.2, 0.25) is 0 Å². The minimum atomic E-state index is 0.341. The summed E-state index contributed by atoms with van der Waals surface area (Å²) in [6.45, 7) is 11.4. The Bertz CT molecular complexity index is 214. The molecule has 12 heavy (non-hydrogen) atoms. The number of ether oxygens (including phenoxy) is 1. The van der Waals surface area contributed by atoms with Gasteiger partial charge in [-0.2, -0.15) is 0 Å². The van der Waals surface area contributed by atoms with Crippen LogP contribution in [0.15, 0.2) is 35.6 Å². The van der Waals surface area contributed by atoms with Gasteiger partial charge in [0.25, 0.3) is 0 Å². The topological polar surface area (TPSA) is 9.23 Å². The third-order valence-electron chi connectivity index (χ3n) is 1.55. The van der Waals surface area contributed by atoms with Crippen molar-refractivity contribution in [3.63, 3.8) is 0 Å². The van der Waals surface area contributed by atoms with Crippen LogP contribution in [0.3, 0.4) is 0 Å². The highest BCUT2D eigenvalue weighted by molar-refractivity contribution is 6.31. The molecule has 68 valence electrons. The molecule has 0 aromatic rings. The molecule has 0 spiro atoms. The average Bonchev–Trinajstić information content (AvgIpc) is 1.98. The summed E-state index contributed by atoms with van der Waals surface area (Å²) < 4.78 is 5.10. The molecule has 0 N–H and O–H groups in total. The summed E-state index contributed by atoms with van der Waals surface area (Å²) in [5.74, 6) is 0.967. The molecule has 2 heteroatoms. The van der Waals surface area contributed by atoms with E-state index in [2.05, 4.69) is 27.0 Å². The lowest BCUT2D eigenvalue weighted by molar-refractivity contribution is 0.298. The first-order valence-electron chi connectivity index (χ1n) is 3.80. The van der Waals surface area contributed by atoms with Crippen LogP contribution in [0.5, 0.6) is 0 Å². The molecule has 0 saturated heterocycles. The fourth-order valence-corrected chi connectivity index (χ4v) is 1.16. The molecule has 0 aromatic heterocycles. The summed E-state index contributed by atoms with van der Waals surface area (Å²) in [4.78, 5) is 0. The largest absolute Gasteiger partial charge is 0.495 e. The van der Waals surface area contributed by atoms with Crippen molar-refractivity contribution in [3.8, 4) is 0 Å². The second-order valence-electron chi connectivity index (χ2n) is 2.75. The molecule has 0 saturated carbocycles. The fourth-order valence-electron chi connectivity index (χ4n) is 0.976. The molecule has 0 aromatic carbocycles. The van der Waals surface area contributed by atoms with Crippen molar-refractivity contribution in [2.24, 2.45) is 5.92 Å². The minimum Gasteiger partial charge on any atom is -0.495 e. The van der Waals surface area contributed by atoms with Gasteiger partial charge >= 0.3 is 0 Å². The SMILES string of the molecule is C=C/C(=C(/OC)C(=C)Cl)C(C)C. The Morgan fingerprint density at radius 2 is 2.00 bits per heavy atom. The first-order chi connectivity index (χ1) is 5.54. The Morgan fingerprint density at radius 1 is 1.50 bits per heavy atom. The van der Waals surface area contributed by atoms with E-state index in [0.29, 0.717) is 16.7 Å². The molecule has 1 nitrogen and oxygen atoms in total. The fraction of sp³-hybridized carbons (Fsp3) is 0.400. The van der Waals surface area contributed by atoms with Crippen LogP contribution >= 0.6 is 11.6 Å². The van der Waals surface area contributed by atoms with Gasteiger partial charge in [-0.25, -0.2) is 0 Å². The zero-order valence-electron chi connectivity index (χ0n) is 7.86. The van der Waals surface area contributed by atoms with E-state index < -0.39 is 0 Å². The van der Waals surface area contributed by atoms with Crippen LogP contribution in [-0.4, -0.2) is 7.11 Å². The normalized spacial score (nSPS) is 12.4. The molecule has 0 atom stereocenters. The summed E-state index contributed by atoms with van der Waals surface area (Å²) in [7, 11) is 1.58. The zero-order valence-corrected chi connectivity index (χ0v) is 8.61. The van der Waals surface area contributed by atoms with Gasteiger partial charge in [-0.15, -0.1) is 0 Å². The number of halogens is 1. The summed E-state index contributed by atoms with van der Waals surface area (Å²) in [6, 6.07) is 0. The van der Waals surface area contributed by atoms with E-state index in [1.807, 2.05) is 0 Å². The number of methoxy groups -OCH3 is 1. The summed E-state index contributed by atoms with van der Waals surface area (Å²) in [5, 5.41) is 0.418. The van der Waals surface area contributed by atoms with Crippen LogP contribution in [0.25, 0.3) is 0 Å². The van der Waals surface area contributed by atoms with Gasteiger partial charge in [0, 0.05) is 0 Å². The molecule has 0 radical (unpaired) electrons. The molecule has 0 fully saturated rings. The quantitative estimate of drug-likeness (QED) is 0.483. The van der Waals surface area contributed by atoms with Crippen molar-refractivity contribution in [2.45, 2.75) is 13.8 Å². The molecule has 0 bridgehead atoms. The van der Waals surface area contributed by atoms with Gasteiger partial charge in [0.15, 0.2) is 0 Å². The Labute approximate surface area is 79.4 Å². The van der Waals surface area contributed by atoms with Crippen molar-refractivity contribution < 1.29 is 4.74 Å². The van der Waals surface area contributed by atoms with E-state index >= 15 is 0 Å². The Kier molecular flexibility index (Phi) is 4.75. The Hall–Kier alpha value is -0.690. The molecule has 0 heterocycles. The highest BCUT2D eigenvalue weighted by Crippen LogP contribution is 2.23. The number of rotatable bonds is 4. The second kappa shape index (κ2) is 5.04. The maximum Gasteiger partial charge on any atom is 0.140 e. The number of hydrogen-bond acceptors (Lipinski definition) is 1. The van der Waals surface area contributed by atoms with E-state index in [4.69, 9.17) is 16.3 Å². The van der Waals surface area contributed by atoms with E-state index in [1.54, 1.807) is 13.2 Å². The average molecular weight is 187 g/mol. The third kappa shape index (κ3) is 2.74. The van der Waals surface area contributed by atoms with E-state index in [1.165, 1.54) is 0 Å². The second-order valence-corrected chi connectivity index (χ2v) is 3.21.